The molecule has 1 heterocycles. The van der Waals surface area contributed by atoms with Crippen LogP contribution in [-0.4, -0.2) is 70.3 Å². The van der Waals surface area contributed by atoms with E-state index in [2.05, 4.69) is 10.2 Å². The number of nitrogens with two attached hydrogens (primary N) is 1. The molecule has 1 fully saturated rings. The van der Waals surface area contributed by atoms with Crippen molar-refractivity contribution in [3.05, 3.63) is 99.4 Å². The number of rotatable bonds is 14. The van der Waals surface area contributed by atoms with Crippen molar-refractivity contribution in [3.63, 3.8) is 0 Å². The number of hydrogen-bond donors (Lipinski definition) is 4. The molecule has 5 aromatic rings. The molecule has 4 aromatic carbocycles. The normalized spacial score (nSPS) is 15.8. The summed E-state index contributed by atoms with van der Waals surface area (Å²) in [4.78, 5) is 24.9. The van der Waals surface area contributed by atoms with Crippen LogP contribution in [0.4, 0.5) is 9.18 Å². The minimum atomic E-state index is -0.776. The van der Waals surface area contributed by atoms with E-state index in [1.165, 1.54) is 13.2 Å². The first-order chi connectivity index (χ1) is 26.0. The maximum atomic E-state index is 15.3. The zero-order chi connectivity index (χ0) is 38.5. The molecule has 5 N–H and O–H groups in total. The van der Waals surface area contributed by atoms with Gasteiger partial charge in [-0.15, -0.1) is 0 Å². The Bertz CT molecular complexity index is 2170. The van der Waals surface area contributed by atoms with Gasteiger partial charge in [-0.2, -0.15) is 5.10 Å². The predicted molar refractivity (Wildman–Crippen MR) is 207 cm³/mol. The highest BCUT2D eigenvalue weighted by atomic mass is 35.5. The number of amides is 2. The smallest absolute Gasteiger partial charge is 0.312 e. The number of carboxylic acids is 1. The van der Waals surface area contributed by atoms with Crippen LogP contribution in [0.25, 0.3) is 33.2 Å². The molecule has 284 valence electrons. The third kappa shape index (κ3) is 8.27. The first-order valence-corrected chi connectivity index (χ1v) is 18.3. The van der Waals surface area contributed by atoms with Crippen molar-refractivity contribution in [2.24, 2.45) is 11.7 Å². The molecular weight excluding hydrogens is 736 g/mol. The molecule has 0 bridgehead atoms. The maximum absolute atomic E-state index is 15.3. The summed E-state index contributed by atoms with van der Waals surface area (Å²) < 4.78 is 28.4. The lowest BCUT2D eigenvalue weighted by atomic mass is 9.85. The molecule has 54 heavy (non-hydrogen) atoms. The summed E-state index contributed by atoms with van der Waals surface area (Å²) in [5.41, 5.74) is 10.5. The van der Waals surface area contributed by atoms with Crippen LogP contribution in [0, 0.1) is 11.7 Å². The number of aliphatic hydroxyl groups is 1. The Morgan fingerprint density at radius 3 is 2.37 bits per heavy atom. The van der Waals surface area contributed by atoms with Crippen molar-refractivity contribution in [3.8, 4) is 33.8 Å². The molecule has 2 amide bonds. The minimum Gasteiger partial charge on any atom is -0.496 e. The van der Waals surface area contributed by atoms with Crippen LogP contribution in [0.1, 0.15) is 42.4 Å². The van der Waals surface area contributed by atoms with E-state index >= 15 is 4.39 Å². The number of aromatic nitrogens is 2. The Balaban J connectivity index is 1.27. The van der Waals surface area contributed by atoms with E-state index in [1.807, 2.05) is 47.1 Å². The lowest BCUT2D eigenvalue weighted by Crippen LogP contribution is -2.40. The molecule has 1 aromatic heterocycles. The highest BCUT2D eigenvalue weighted by molar-refractivity contribution is 6.36. The number of aliphatic carboxylic acids is 1. The molecule has 6 rings (SSSR count). The standard InChI is InChI=1S/C40H42Cl2FN5O6/c1-53-36-18-25(33(41)15-26(36)21-47(13-14-49)27-11-9-23(10-12-27)39(50)51)22-48-35-8-4-6-29(31(35)20-46-48)30-7-3-5-28(38(30)42)24-16-34(43)32(19-45-40(44)52)37(17-24)54-2/h3-8,15-18,20,23,27,49H,9-14,19,21-22H2,1-2H3,(H,50,51)(H3,44,45,52)/t23-,27-. The monoisotopic (exact) mass is 777 g/mol. The van der Waals surface area contributed by atoms with Crippen LogP contribution in [-0.2, 0) is 24.4 Å². The molecule has 1 aliphatic rings. The Kier molecular flexibility index (Phi) is 12.3. The van der Waals surface area contributed by atoms with Gasteiger partial charge < -0.3 is 30.7 Å². The van der Waals surface area contributed by atoms with Gasteiger partial charge in [0.2, 0.25) is 0 Å². The SMILES string of the molecule is COc1cc(Cn2ncc3c(-c4cccc(-c5cc(F)c(CNC(N)=O)c(OC)c5)c4Cl)cccc32)c(Cl)cc1CN(CCO)[C@H]1CC[C@H](C(=O)O)CC1. The highest BCUT2D eigenvalue weighted by Crippen LogP contribution is 2.41. The third-order valence-electron chi connectivity index (χ3n) is 10.2. The van der Waals surface area contributed by atoms with E-state index in [-0.39, 0.29) is 36.4 Å². The number of aliphatic hydroxyl groups excluding tert-OH is 1. The lowest BCUT2D eigenvalue weighted by molar-refractivity contribution is -0.143. The zero-order valence-corrected chi connectivity index (χ0v) is 31.5. The Morgan fingerprint density at radius 2 is 1.69 bits per heavy atom. The van der Waals surface area contributed by atoms with Crippen LogP contribution in [0.2, 0.25) is 10.0 Å². The van der Waals surface area contributed by atoms with E-state index in [0.29, 0.717) is 59.4 Å². The van der Waals surface area contributed by atoms with Gasteiger partial charge in [0.05, 0.1) is 56.6 Å². The fourth-order valence-electron chi connectivity index (χ4n) is 7.38. The second-order valence-electron chi connectivity index (χ2n) is 13.4. The number of primary amides is 1. The van der Waals surface area contributed by atoms with Crippen LogP contribution < -0.4 is 20.5 Å². The number of benzene rings is 4. The molecule has 0 unspecified atom stereocenters. The Hall–Kier alpha value is -4.88. The molecule has 11 nitrogen and oxygen atoms in total. The topological polar surface area (TPSA) is 152 Å². The summed E-state index contributed by atoms with van der Waals surface area (Å²) in [6.07, 6.45) is 4.48. The Morgan fingerprint density at radius 1 is 0.981 bits per heavy atom. The van der Waals surface area contributed by atoms with Crippen molar-refractivity contribution in [2.45, 2.75) is 51.4 Å². The number of hydrogen-bond acceptors (Lipinski definition) is 7. The molecule has 1 aliphatic carbocycles. The molecule has 0 radical (unpaired) electrons. The Labute approximate surface area is 322 Å². The van der Waals surface area contributed by atoms with Gasteiger partial charge in [0.1, 0.15) is 17.3 Å². The van der Waals surface area contributed by atoms with Gasteiger partial charge in [0, 0.05) is 51.8 Å². The van der Waals surface area contributed by atoms with Crippen molar-refractivity contribution in [2.75, 3.05) is 27.4 Å². The van der Waals surface area contributed by atoms with Crippen LogP contribution in [0.15, 0.2) is 66.9 Å². The van der Waals surface area contributed by atoms with Gasteiger partial charge in [-0.05, 0) is 72.7 Å². The van der Waals surface area contributed by atoms with Gasteiger partial charge in [0.25, 0.3) is 0 Å². The summed E-state index contributed by atoms with van der Waals surface area (Å²) in [6, 6.07) is 17.6. The summed E-state index contributed by atoms with van der Waals surface area (Å²) in [6.45, 7) is 1.15. The molecule has 0 saturated heterocycles. The molecule has 14 heteroatoms. The van der Waals surface area contributed by atoms with E-state index in [4.69, 9.17) is 43.5 Å². The number of urea groups is 1. The first-order valence-electron chi connectivity index (χ1n) is 17.6. The summed E-state index contributed by atoms with van der Waals surface area (Å²) in [5, 5.41) is 28.2. The number of carboxylic acid groups (broad SMARTS) is 1. The predicted octanol–water partition coefficient (Wildman–Crippen LogP) is 7.49. The molecule has 1 saturated carbocycles. The van der Waals surface area contributed by atoms with E-state index in [1.54, 1.807) is 25.4 Å². The van der Waals surface area contributed by atoms with E-state index in [0.717, 1.165) is 46.0 Å². The summed E-state index contributed by atoms with van der Waals surface area (Å²) >= 11 is 14.0. The summed E-state index contributed by atoms with van der Waals surface area (Å²) in [5.74, 6) is -0.748. The zero-order valence-electron chi connectivity index (χ0n) is 29.9. The molecule has 0 aliphatic heterocycles. The van der Waals surface area contributed by atoms with Gasteiger partial charge in [-0.25, -0.2) is 9.18 Å². The largest absolute Gasteiger partial charge is 0.496 e. The van der Waals surface area contributed by atoms with Crippen LogP contribution >= 0.6 is 23.2 Å². The first kappa shape index (κ1) is 38.8. The van der Waals surface area contributed by atoms with Crippen molar-refractivity contribution >= 4 is 46.1 Å². The highest BCUT2D eigenvalue weighted by Gasteiger charge is 2.30. The quantitative estimate of drug-likeness (QED) is 0.0906. The number of carbonyl (C=O) groups excluding carboxylic acids is 1. The number of fused-ring (bicyclic) bond motifs is 1. The van der Waals surface area contributed by atoms with E-state index in [9.17, 15) is 19.8 Å². The van der Waals surface area contributed by atoms with Gasteiger partial charge in [0.15, 0.2) is 0 Å². The van der Waals surface area contributed by atoms with Crippen LogP contribution in [0.3, 0.4) is 0 Å². The lowest BCUT2D eigenvalue weighted by Gasteiger charge is -2.36. The second kappa shape index (κ2) is 17.1. The molecule has 0 atom stereocenters. The van der Waals surface area contributed by atoms with Crippen molar-refractivity contribution in [1.29, 1.82) is 0 Å². The fourth-order valence-corrected chi connectivity index (χ4v) is 7.96. The average Bonchev–Trinajstić information content (AvgIpc) is 3.57. The second-order valence-corrected chi connectivity index (χ2v) is 14.1. The number of nitrogens with one attached hydrogen (secondary N) is 1. The number of methoxy groups -OCH3 is 2. The average molecular weight is 779 g/mol. The van der Waals surface area contributed by atoms with Gasteiger partial charge >= 0.3 is 12.0 Å². The molecular formula is C40H42Cl2FN5O6. The summed E-state index contributed by atoms with van der Waals surface area (Å²) in [7, 11) is 3.03. The number of carbonyl (C=O) groups is 2. The number of halogens is 3. The number of ether oxygens (including phenoxy) is 2. The third-order valence-corrected chi connectivity index (χ3v) is 11.0. The maximum Gasteiger partial charge on any atom is 0.312 e. The van der Waals surface area contributed by atoms with E-state index < -0.39 is 17.8 Å². The van der Waals surface area contributed by atoms with Crippen molar-refractivity contribution < 1.29 is 33.7 Å². The van der Waals surface area contributed by atoms with Crippen molar-refractivity contribution in [1.82, 2.24) is 20.0 Å². The van der Waals surface area contributed by atoms with Crippen LogP contribution in [0.5, 0.6) is 11.5 Å². The van der Waals surface area contributed by atoms with Gasteiger partial charge in [-0.1, -0.05) is 53.5 Å². The van der Waals surface area contributed by atoms with Gasteiger partial charge in [-0.3, -0.25) is 14.4 Å². The molecule has 0 spiro atoms. The fraction of sp³-hybridized carbons (Fsp3) is 0.325. The minimum absolute atomic E-state index is 0.0190. The number of nitrogens with zero attached hydrogens (tertiary/aromatic N) is 3.